The molecule has 0 saturated carbocycles. The summed E-state index contributed by atoms with van der Waals surface area (Å²) in [6.45, 7) is 2.38. The van der Waals surface area contributed by atoms with Gasteiger partial charge in [0.25, 0.3) is 0 Å². The fourth-order valence-electron chi connectivity index (χ4n) is 1.20. The highest BCUT2D eigenvalue weighted by molar-refractivity contribution is 9.10. The van der Waals surface area contributed by atoms with Crippen LogP contribution in [-0.4, -0.2) is 32.2 Å². The Kier molecular flexibility index (Phi) is 5.16. The molecule has 1 aromatic rings. The molecule has 0 aromatic carbocycles. The minimum absolute atomic E-state index is 0.0158. The van der Waals surface area contributed by atoms with Gasteiger partial charge >= 0.3 is 0 Å². The van der Waals surface area contributed by atoms with Gasteiger partial charge in [-0.2, -0.15) is 0 Å². The molecule has 0 amide bonds. The van der Waals surface area contributed by atoms with Crippen molar-refractivity contribution in [1.29, 1.82) is 0 Å². The number of halogens is 1. The summed E-state index contributed by atoms with van der Waals surface area (Å²) in [5.74, 6) is 0.470. The second kappa shape index (κ2) is 6.18. The van der Waals surface area contributed by atoms with Crippen LogP contribution in [0.1, 0.15) is 6.92 Å². The normalized spacial score (nSPS) is 11.4. The average molecular weight is 323 g/mol. The van der Waals surface area contributed by atoms with E-state index in [1.165, 1.54) is 0 Å². The first-order valence-electron chi connectivity index (χ1n) is 5.07. The van der Waals surface area contributed by atoms with Crippen LogP contribution in [0.3, 0.4) is 0 Å². The molecule has 8 heteroatoms. The van der Waals surface area contributed by atoms with E-state index in [4.69, 9.17) is 5.73 Å². The molecule has 6 nitrogen and oxygen atoms in total. The van der Waals surface area contributed by atoms with Crippen molar-refractivity contribution in [1.82, 2.24) is 9.71 Å². The number of nitrogens with two attached hydrogens (primary N) is 1. The van der Waals surface area contributed by atoms with Crippen molar-refractivity contribution in [2.45, 2.75) is 6.92 Å². The molecular formula is C9H15BrN4O2S. The molecule has 0 aliphatic carbocycles. The van der Waals surface area contributed by atoms with E-state index in [1.807, 2.05) is 0 Å². The lowest BCUT2D eigenvalue weighted by atomic mass is 10.4. The first kappa shape index (κ1) is 14.2. The van der Waals surface area contributed by atoms with Gasteiger partial charge in [0.15, 0.2) is 0 Å². The zero-order valence-corrected chi connectivity index (χ0v) is 11.8. The summed E-state index contributed by atoms with van der Waals surface area (Å²) < 4.78 is 25.9. The fourth-order valence-corrected chi connectivity index (χ4v) is 2.50. The zero-order chi connectivity index (χ0) is 12.9. The first-order chi connectivity index (χ1) is 7.94. The molecule has 1 aromatic heterocycles. The molecule has 0 spiro atoms. The average Bonchev–Trinajstić information content (AvgIpc) is 2.21. The summed E-state index contributed by atoms with van der Waals surface area (Å²) in [5.41, 5.74) is 6.18. The molecule has 0 saturated heterocycles. The summed E-state index contributed by atoms with van der Waals surface area (Å²) in [7, 11) is -3.21. The van der Waals surface area contributed by atoms with E-state index < -0.39 is 10.0 Å². The van der Waals surface area contributed by atoms with Crippen molar-refractivity contribution in [3.63, 3.8) is 0 Å². The summed E-state index contributed by atoms with van der Waals surface area (Å²) in [5, 5.41) is 2.88. The Morgan fingerprint density at radius 2 is 2.24 bits per heavy atom. The predicted octanol–water partition coefficient (Wildman–Crippen LogP) is 0.777. The van der Waals surface area contributed by atoms with Crippen molar-refractivity contribution in [3.05, 3.63) is 16.7 Å². The number of nitrogen functional groups attached to an aromatic ring is 1. The van der Waals surface area contributed by atoms with Crippen molar-refractivity contribution < 1.29 is 8.42 Å². The molecule has 0 atom stereocenters. The van der Waals surface area contributed by atoms with E-state index >= 15 is 0 Å². The van der Waals surface area contributed by atoms with Gasteiger partial charge in [-0.3, -0.25) is 0 Å². The summed E-state index contributed by atoms with van der Waals surface area (Å²) in [4.78, 5) is 4.05. The minimum atomic E-state index is -3.21. The van der Waals surface area contributed by atoms with E-state index in [1.54, 1.807) is 19.2 Å². The maximum Gasteiger partial charge on any atom is 0.213 e. The van der Waals surface area contributed by atoms with E-state index in [9.17, 15) is 8.42 Å². The monoisotopic (exact) mass is 322 g/mol. The van der Waals surface area contributed by atoms with Gasteiger partial charge in [-0.15, -0.1) is 0 Å². The summed E-state index contributed by atoms with van der Waals surface area (Å²) in [6.07, 6.45) is 1.59. The van der Waals surface area contributed by atoms with Crippen LogP contribution in [0.4, 0.5) is 11.5 Å². The third-order valence-corrected chi connectivity index (χ3v) is 3.82. The molecule has 0 aliphatic rings. The number of nitrogens with zero attached hydrogens (tertiary/aromatic N) is 1. The van der Waals surface area contributed by atoms with Gasteiger partial charge in [0.2, 0.25) is 10.0 Å². The molecular weight excluding hydrogens is 308 g/mol. The van der Waals surface area contributed by atoms with Crippen LogP contribution in [0, 0.1) is 0 Å². The molecule has 17 heavy (non-hydrogen) atoms. The smallest absolute Gasteiger partial charge is 0.213 e. The number of hydrogen-bond acceptors (Lipinski definition) is 5. The van der Waals surface area contributed by atoms with E-state index in [-0.39, 0.29) is 12.3 Å². The SMILES string of the molecule is CCNS(=O)(=O)CCNc1ncc(Br)cc1N. The first-order valence-corrected chi connectivity index (χ1v) is 7.51. The number of rotatable bonds is 6. The molecule has 0 bridgehead atoms. The summed E-state index contributed by atoms with van der Waals surface area (Å²) >= 11 is 3.24. The van der Waals surface area contributed by atoms with Gasteiger partial charge < -0.3 is 11.1 Å². The lowest BCUT2D eigenvalue weighted by Crippen LogP contribution is -2.29. The van der Waals surface area contributed by atoms with Crippen LogP contribution < -0.4 is 15.8 Å². The van der Waals surface area contributed by atoms with E-state index in [2.05, 4.69) is 31.0 Å². The van der Waals surface area contributed by atoms with Crippen LogP contribution in [-0.2, 0) is 10.0 Å². The zero-order valence-electron chi connectivity index (χ0n) is 9.40. The van der Waals surface area contributed by atoms with Crippen molar-refractivity contribution >= 4 is 37.5 Å². The van der Waals surface area contributed by atoms with Crippen LogP contribution in [0.25, 0.3) is 0 Å². The highest BCUT2D eigenvalue weighted by Crippen LogP contribution is 2.19. The lowest BCUT2D eigenvalue weighted by Gasteiger charge is -2.09. The Balaban J connectivity index is 2.51. The number of sulfonamides is 1. The van der Waals surface area contributed by atoms with Crippen LogP contribution >= 0.6 is 15.9 Å². The Morgan fingerprint density at radius 3 is 2.82 bits per heavy atom. The maximum absolute atomic E-state index is 11.3. The largest absolute Gasteiger partial charge is 0.396 e. The molecule has 0 fully saturated rings. The van der Waals surface area contributed by atoms with E-state index in [0.29, 0.717) is 18.1 Å². The van der Waals surface area contributed by atoms with E-state index in [0.717, 1.165) is 4.47 Å². The van der Waals surface area contributed by atoms with Crippen molar-refractivity contribution in [2.75, 3.05) is 29.9 Å². The van der Waals surface area contributed by atoms with Gasteiger partial charge in [-0.25, -0.2) is 18.1 Å². The Hall–Kier alpha value is -0.860. The second-order valence-corrected chi connectivity index (χ2v) is 6.18. The topological polar surface area (TPSA) is 97.1 Å². The number of aromatic nitrogens is 1. The van der Waals surface area contributed by atoms with Crippen molar-refractivity contribution in [3.8, 4) is 0 Å². The number of hydrogen-bond donors (Lipinski definition) is 3. The molecule has 1 rings (SSSR count). The highest BCUT2D eigenvalue weighted by Gasteiger charge is 2.08. The molecule has 0 unspecified atom stereocenters. The fraction of sp³-hybridized carbons (Fsp3) is 0.444. The molecule has 4 N–H and O–H groups in total. The van der Waals surface area contributed by atoms with Gasteiger partial charge in [0.1, 0.15) is 5.82 Å². The van der Waals surface area contributed by atoms with Crippen LogP contribution in [0.2, 0.25) is 0 Å². The van der Waals surface area contributed by atoms with Gasteiger partial charge in [-0.1, -0.05) is 6.92 Å². The van der Waals surface area contributed by atoms with Crippen LogP contribution in [0.5, 0.6) is 0 Å². The number of anilines is 2. The summed E-state index contributed by atoms with van der Waals surface area (Å²) in [6, 6.07) is 1.70. The molecule has 0 aliphatic heterocycles. The van der Waals surface area contributed by atoms with Crippen LogP contribution in [0.15, 0.2) is 16.7 Å². The molecule has 1 heterocycles. The van der Waals surface area contributed by atoms with Gasteiger partial charge in [-0.05, 0) is 22.0 Å². The number of nitrogens with one attached hydrogen (secondary N) is 2. The maximum atomic E-state index is 11.3. The third-order valence-electron chi connectivity index (χ3n) is 1.91. The molecule has 96 valence electrons. The van der Waals surface area contributed by atoms with Gasteiger partial charge in [0, 0.05) is 23.8 Å². The second-order valence-electron chi connectivity index (χ2n) is 3.33. The Labute approximate surface area is 109 Å². The Morgan fingerprint density at radius 1 is 1.53 bits per heavy atom. The third kappa shape index (κ3) is 4.88. The molecule has 0 radical (unpaired) electrons. The quantitative estimate of drug-likeness (QED) is 0.719. The van der Waals surface area contributed by atoms with Gasteiger partial charge in [0.05, 0.1) is 11.4 Å². The predicted molar refractivity (Wildman–Crippen MR) is 72.3 cm³/mol. The Bertz CT molecular complexity index is 478. The lowest BCUT2D eigenvalue weighted by molar-refractivity contribution is 0.584. The van der Waals surface area contributed by atoms with Crippen molar-refractivity contribution in [2.24, 2.45) is 0 Å². The number of pyridine rings is 1. The standard InChI is InChI=1S/C9H15BrN4O2S/c1-2-14-17(15,16)4-3-12-9-8(11)5-7(10)6-13-9/h5-6,14H,2-4,11H2,1H3,(H,12,13). The minimum Gasteiger partial charge on any atom is -0.396 e. The highest BCUT2D eigenvalue weighted by atomic mass is 79.9.